The fraction of sp³-hybridized carbons (Fsp3) is 0.222. The van der Waals surface area contributed by atoms with Gasteiger partial charge in [-0.3, -0.25) is 4.79 Å². The summed E-state index contributed by atoms with van der Waals surface area (Å²) >= 11 is 0. The molecule has 2 aromatic carbocycles. The van der Waals surface area contributed by atoms with Crippen molar-refractivity contribution in [1.82, 2.24) is 0 Å². The maximum Gasteiger partial charge on any atom is 0.323 e. The van der Waals surface area contributed by atoms with Gasteiger partial charge in [0.2, 0.25) is 5.91 Å². The topological polar surface area (TPSA) is 70.7 Å². The number of methoxy groups -OCH3 is 1. The van der Waals surface area contributed by atoms with E-state index in [9.17, 15) is 9.59 Å². The molecule has 1 aliphatic rings. The minimum atomic E-state index is -0.343. The summed E-state index contributed by atoms with van der Waals surface area (Å²) in [5.74, 6) is 0.846. The molecule has 0 atom stereocenters. The fourth-order valence-electron chi connectivity index (χ4n) is 2.64. The Bertz CT molecular complexity index is 743. The van der Waals surface area contributed by atoms with Gasteiger partial charge in [-0.1, -0.05) is 6.07 Å². The summed E-state index contributed by atoms with van der Waals surface area (Å²) in [6.07, 6.45) is 1.45. The number of carbonyl (C=O) groups is 2. The highest BCUT2D eigenvalue weighted by atomic mass is 16.5. The van der Waals surface area contributed by atoms with Crippen molar-refractivity contribution in [2.24, 2.45) is 0 Å². The van der Waals surface area contributed by atoms with Gasteiger partial charge in [-0.25, -0.2) is 4.79 Å². The van der Waals surface area contributed by atoms with Crippen LogP contribution in [0, 0.1) is 0 Å². The van der Waals surface area contributed by atoms with E-state index in [4.69, 9.17) is 4.74 Å². The van der Waals surface area contributed by atoms with Crippen LogP contribution in [0.5, 0.6) is 5.75 Å². The molecule has 2 aromatic rings. The smallest absolute Gasteiger partial charge is 0.323 e. The van der Waals surface area contributed by atoms with Crippen molar-refractivity contribution in [3.63, 3.8) is 0 Å². The Labute approximate surface area is 140 Å². The largest absolute Gasteiger partial charge is 0.497 e. The lowest BCUT2D eigenvalue weighted by molar-refractivity contribution is -0.117. The Kier molecular flexibility index (Phi) is 4.65. The van der Waals surface area contributed by atoms with Gasteiger partial charge in [0, 0.05) is 30.0 Å². The molecule has 3 rings (SSSR count). The van der Waals surface area contributed by atoms with Crippen LogP contribution in [0.4, 0.5) is 21.9 Å². The van der Waals surface area contributed by atoms with Crippen LogP contribution in [0.3, 0.4) is 0 Å². The highest BCUT2D eigenvalue weighted by Gasteiger charge is 2.21. The standard InChI is InChI=1S/C18H19N3O3/c1-24-16-9-7-13(8-10-16)19-18(23)20-14-4-2-5-15(12-14)21-11-3-6-17(21)22/h2,4-5,7-10,12H,3,6,11H2,1H3,(H2,19,20,23). The molecule has 0 unspecified atom stereocenters. The van der Waals surface area contributed by atoms with Crippen molar-refractivity contribution < 1.29 is 14.3 Å². The zero-order valence-corrected chi connectivity index (χ0v) is 13.4. The summed E-state index contributed by atoms with van der Waals surface area (Å²) in [4.78, 5) is 25.7. The van der Waals surface area contributed by atoms with Crippen molar-refractivity contribution in [1.29, 1.82) is 0 Å². The molecule has 0 spiro atoms. The fourth-order valence-corrected chi connectivity index (χ4v) is 2.64. The molecule has 0 aliphatic carbocycles. The number of urea groups is 1. The number of ether oxygens (including phenoxy) is 1. The molecule has 0 radical (unpaired) electrons. The van der Waals surface area contributed by atoms with Gasteiger partial charge in [-0.2, -0.15) is 0 Å². The van der Waals surface area contributed by atoms with Crippen molar-refractivity contribution >= 4 is 29.0 Å². The first kappa shape index (κ1) is 15.9. The molecule has 6 nitrogen and oxygen atoms in total. The number of hydrogen-bond acceptors (Lipinski definition) is 3. The number of anilines is 3. The Morgan fingerprint density at radius 1 is 1.08 bits per heavy atom. The Balaban J connectivity index is 1.64. The highest BCUT2D eigenvalue weighted by Crippen LogP contribution is 2.24. The third-order valence-corrected chi connectivity index (χ3v) is 3.84. The third kappa shape index (κ3) is 3.65. The SMILES string of the molecule is COc1ccc(NC(=O)Nc2cccc(N3CCCC3=O)c2)cc1. The summed E-state index contributed by atoms with van der Waals surface area (Å²) in [5, 5.41) is 5.53. The molecule has 6 heteroatoms. The molecular formula is C18H19N3O3. The van der Waals surface area contributed by atoms with Crippen LogP contribution in [0.25, 0.3) is 0 Å². The summed E-state index contributed by atoms with van der Waals surface area (Å²) in [6.45, 7) is 0.723. The maximum absolute atomic E-state index is 12.1. The minimum absolute atomic E-state index is 0.120. The molecular weight excluding hydrogens is 306 g/mol. The van der Waals surface area contributed by atoms with Crippen LogP contribution in [0.2, 0.25) is 0 Å². The first-order valence-electron chi connectivity index (χ1n) is 7.78. The van der Waals surface area contributed by atoms with Gasteiger partial charge in [-0.15, -0.1) is 0 Å². The van der Waals surface area contributed by atoms with Crippen LogP contribution in [-0.2, 0) is 4.79 Å². The van der Waals surface area contributed by atoms with Gasteiger partial charge in [0.05, 0.1) is 7.11 Å². The summed E-state index contributed by atoms with van der Waals surface area (Å²) in [6, 6.07) is 14.0. The van der Waals surface area contributed by atoms with Gasteiger partial charge in [0.25, 0.3) is 0 Å². The monoisotopic (exact) mass is 325 g/mol. The Hall–Kier alpha value is -3.02. The third-order valence-electron chi connectivity index (χ3n) is 3.84. The van der Waals surface area contributed by atoms with E-state index in [-0.39, 0.29) is 11.9 Å². The van der Waals surface area contributed by atoms with Crippen molar-refractivity contribution in [3.05, 3.63) is 48.5 Å². The lowest BCUT2D eigenvalue weighted by atomic mass is 10.2. The number of nitrogens with one attached hydrogen (secondary N) is 2. The molecule has 1 heterocycles. The van der Waals surface area contributed by atoms with Gasteiger partial charge >= 0.3 is 6.03 Å². The van der Waals surface area contributed by atoms with Crippen molar-refractivity contribution in [3.8, 4) is 5.75 Å². The lowest BCUT2D eigenvalue weighted by Crippen LogP contribution is -2.24. The minimum Gasteiger partial charge on any atom is -0.497 e. The predicted molar refractivity (Wildman–Crippen MR) is 93.7 cm³/mol. The molecule has 1 fully saturated rings. The number of nitrogens with zero attached hydrogens (tertiary/aromatic N) is 1. The molecule has 124 valence electrons. The number of amides is 3. The van der Waals surface area contributed by atoms with Crippen LogP contribution in [-0.4, -0.2) is 25.6 Å². The van der Waals surface area contributed by atoms with Crippen LogP contribution >= 0.6 is 0 Å². The molecule has 1 saturated heterocycles. The summed E-state index contributed by atoms with van der Waals surface area (Å²) in [5.41, 5.74) is 2.11. The molecule has 1 aliphatic heterocycles. The van der Waals surface area contributed by atoms with Gasteiger partial charge in [-0.05, 0) is 48.9 Å². The number of rotatable bonds is 4. The molecule has 24 heavy (non-hydrogen) atoms. The zero-order chi connectivity index (χ0) is 16.9. The Morgan fingerprint density at radius 3 is 2.50 bits per heavy atom. The molecule has 0 aromatic heterocycles. The van der Waals surface area contributed by atoms with Gasteiger partial charge in [0.15, 0.2) is 0 Å². The molecule has 3 amide bonds. The second kappa shape index (κ2) is 7.04. The number of carbonyl (C=O) groups excluding carboxylic acids is 2. The summed E-state index contributed by atoms with van der Waals surface area (Å²) in [7, 11) is 1.59. The second-order valence-electron chi connectivity index (χ2n) is 5.51. The van der Waals surface area contributed by atoms with Gasteiger partial charge < -0.3 is 20.3 Å². The molecule has 0 bridgehead atoms. The second-order valence-corrected chi connectivity index (χ2v) is 5.51. The number of benzene rings is 2. The van der Waals surface area contributed by atoms with Gasteiger partial charge in [0.1, 0.15) is 5.75 Å². The first-order chi connectivity index (χ1) is 11.7. The average molecular weight is 325 g/mol. The molecule has 2 N–H and O–H groups in total. The zero-order valence-electron chi connectivity index (χ0n) is 13.4. The lowest BCUT2D eigenvalue weighted by Gasteiger charge is -2.17. The molecule has 0 saturated carbocycles. The maximum atomic E-state index is 12.1. The number of hydrogen-bond donors (Lipinski definition) is 2. The van der Waals surface area contributed by atoms with Crippen molar-refractivity contribution in [2.75, 3.05) is 29.2 Å². The van der Waals surface area contributed by atoms with E-state index in [1.54, 1.807) is 48.4 Å². The van der Waals surface area contributed by atoms with Crippen LogP contribution in [0.15, 0.2) is 48.5 Å². The van der Waals surface area contributed by atoms with Crippen LogP contribution < -0.4 is 20.3 Å². The van der Waals surface area contributed by atoms with Crippen LogP contribution in [0.1, 0.15) is 12.8 Å². The highest BCUT2D eigenvalue weighted by molar-refractivity contribution is 6.01. The van der Waals surface area contributed by atoms with E-state index in [0.717, 1.165) is 24.4 Å². The van der Waals surface area contributed by atoms with Crippen molar-refractivity contribution in [2.45, 2.75) is 12.8 Å². The summed E-state index contributed by atoms with van der Waals surface area (Å²) < 4.78 is 5.08. The van der Waals surface area contributed by atoms with E-state index in [1.165, 1.54) is 0 Å². The van der Waals surface area contributed by atoms with E-state index >= 15 is 0 Å². The van der Waals surface area contributed by atoms with E-state index in [1.807, 2.05) is 12.1 Å². The average Bonchev–Trinajstić information content (AvgIpc) is 3.02. The van der Waals surface area contributed by atoms with E-state index < -0.39 is 0 Å². The van der Waals surface area contributed by atoms with E-state index in [2.05, 4.69) is 10.6 Å². The predicted octanol–water partition coefficient (Wildman–Crippen LogP) is 3.47. The van der Waals surface area contributed by atoms with E-state index in [0.29, 0.717) is 17.8 Å². The first-order valence-corrected chi connectivity index (χ1v) is 7.78. The Morgan fingerprint density at radius 2 is 1.83 bits per heavy atom. The quantitative estimate of drug-likeness (QED) is 0.904. The normalized spacial score (nSPS) is 13.7.